The minimum atomic E-state index is -3.35. The Morgan fingerprint density at radius 1 is 1.27 bits per heavy atom. The van der Waals surface area contributed by atoms with Crippen LogP contribution in [0.25, 0.3) is 0 Å². The molecule has 22 heavy (non-hydrogen) atoms. The molecule has 1 aromatic rings. The Balaban J connectivity index is 2.42. The lowest BCUT2D eigenvalue weighted by atomic mass is 9.99. The van der Waals surface area contributed by atoms with Gasteiger partial charge in [-0.25, -0.2) is 13.1 Å². The predicted octanol–water partition coefficient (Wildman–Crippen LogP) is 3.77. The number of hydrogen-bond acceptors (Lipinski definition) is 3. The van der Waals surface area contributed by atoms with Crippen LogP contribution in [0, 0.1) is 5.41 Å². The molecule has 0 saturated carbocycles. The summed E-state index contributed by atoms with van der Waals surface area (Å²) in [6.07, 6.45) is 0.473. The molecule has 0 saturated heterocycles. The molecule has 0 spiro atoms. The monoisotopic (exact) mass is 347 g/mol. The highest BCUT2D eigenvalue weighted by Gasteiger charge is 2.17. The van der Waals surface area contributed by atoms with E-state index in [0.717, 1.165) is 5.56 Å². The number of rotatable bonds is 8. The fourth-order valence-corrected chi connectivity index (χ4v) is 3.53. The molecule has 0 radical (unpaired) electrons. The van der Waals surface area contributed by atoms with E-state index in [1.165, 1.54) is 0 Å². The van der Waals surface area contributed by atoms with E-state index in [1.807, 2.05) is 18.2 Å². The molecule has 1 rings (SSSR count). The van der Waals surface area contributed by atoms with E-state index in [9.17, 15) is 8.42 Å². The smallest absolute Gasteiger partial charge is 0.212 e. The molecule has 6 heteroatoms. The lowest BCUT2D eigenvalue weighted by Gasteiger charge is -2.18. The number of sulfonamides is 1. The average molecular weight is 348 g/mol. The van der Waals surface area contributed by atoms with E-state index in [0.29, 0.717) is 24.7 Å². The summed E-state index contributed by atoms with van der Waals surface area (Å²) in [7, 11) is -3.35. The van der Waals surface area contributed by atoms with E-state index in [4.69, 9.17) is 16.3 Å². The van der Waals surface area contributed by atoms with Gasteiger partial charge in [-0.1, -0.05) is 50.6 Å². The SMILES string of the molecule is C[C@@H](NS(=O)(=O)CCCOCC(C)(C)C)c1ccccc1Cl. The van der Waals surface area contributed by atoms with Crippen LogP contribution in [-0.2, 0) is 14.8 Å². The number of ether oxygens (including phenoxy) is 1. The molecule has 0 heterocycles. The third kappa shape index (κ3) is 7.58. The first kappa shape index (κ1) is 19.4. The number of nitrogens with one attached hydrogen (secondary N) is 1. The molecule has 0 aliphatic heterocycles. The van der Waals surface area contributed by atoms with Crippen LogP contribution in [0.3, 0.4) is 0 Å². The van der Waals surface area contributed by atoms with Crippen molar-refractivity contribution < 1.29 is 13.2 Å². The second-order valence-electron chi connectivity index (χ2n) is 6.65. The van der Waals surface area contributed by atoms with Crippen molar-refractivity contribution in [3.63, 3.8) is 0 Å². The number of benzene rings is 1. The maximum atomic E-state index is 12.1. The maximum absolute atomic E-state index is 12.1. The van der Waals surface area contributed by atoms with Gasteiger partial charge >= 0.3 is 0 Å². The van der Waals surface area contributed by atoms with Crippen molar-refractivity contribution in [1.29, 1.82) is 0 Å². The summed E-state index contributed by atoms with van der Waals surface area (Å²) in [6, 6.07) is 6.88. The summed E-state index contributed by atoms with van der Waals surface area (Å²) in [4.78, 5) is 0. The predicted molar refractivity (Wildman–Crippen MR) is 91.7 cm³/mol. The van der Waals surface area contributed by atoms with Crippen molar-refractivity contribution in [1.82, 2.24) is 4.72 Å². The Kier molecular flexibility index (Phi) is 7.32. The van der Waals surface area contributed by atoms with Gasteiger partial charge in [0.1, 0.15) is 0 Å². The third-order valence-corrected chi connectivity index (χ3v) is 4.85. The van der Waals surface area contributed by atoms with Gasteiger partial charge in [0.15, 0.2) is 0 Å². The summed E-state index contributed by atoms with van der Waals surface area (Å²) in [5.74, 6) is 0.0476. The fraction of sp³-hybridized carbons (Fsp3) is 0.625. The van der Waals surface area contributed by atoms with E-state index < -0.39 is 10.0 Å². The highest BCUT2D eigenvalue weighted by Crippen LogP contribution is 2.22. The van der Waals surface area contributed by atoms with Crippen molar-refractivity contribution in [3.8, 4) is 0 Å². The highest BCUT2D eigenvalue weighted by molar-refractivity contribution is 7.89. The zero-order chi connectivity index (χ0) is 16.8. The normalized spacial score (nSPS) is 14.0. The molecule has 4 nitrogen and oxygen atoms in total. The van der Waals surface area contributed by atoms with Crippen LogP contribution < -0.4 is 4.72 Å². The van der Waals surface area contributed by atoms with Crippen LogP contribution in [0.15, 0.2) is 24.3 Å². The van der Waals surface area contributed by atoms with Gasteiger partial charge in [0, 0.05) is 17.7 Å². The third-order valence-electron chi connectivity index (χ3n) is 2.96. The average Bonchev–Trinajstić information content (AvgIpc) is 2.36. The molecule has 1 atom stereocenters. The van der Waals surface area contributed by atoms with Crippen molar-refractivity contribution in [2.75, 3.05) is 19.0 Å². The fourth-order valence-electron chi connectivity index (χ4n) is 1.95. The first-order valence-electron chi connectivity index (χ1n) is 7.43. The largest absolute Gasteiger partial charge is 0.381 e. The molecule has 0 unspecified atom stereocenters. The second kappa shape index (κ2) is 8.29. The van der Waals surface area contributed by atoms with E-state index in [2.05, 4.69) is 25.5 Å². The molecular weight excluding hydrogens is 322 g/mol. The van der Waals surface area contributed by atoms with Crippen LogP contribution in [0.2, 0.25) is 5.02 Å². The molecule has 126 valence electrons. The van der Waals surface area contributed by atoms with Crippen molar-refractivity contribution >= 4 is 21.6 Å². The zero-order valence-corrected chi connectivity index (χ0v) is 15.3. The standard InChI is InChI=1S/C16H26ClNO3S/c1-13(14-8-5-6-9-15(14)17)18-22(19,20)11-7-10-21-12-16(2,3)4/h5-6,8-9,13,18H,7,10-12H2,1-4H3/t13-/m1/s1. The minimum absolute atomic E-state index is 0.0476. The molecule has 0 bridgehead atoms. The Morgan fingerprint density at radius 2 is 1.91 bits per heavy atom. The summed E-state index contributed by atoms with van der Waals surface area (Å²) in [5, 5.41) is 0.561. The van der Waals surface area contributed by atoms with E-state index >= 15 is 0 Å². The van der Waals surface area contributed by atoms with Gasteiger partial charge in [0.25, 0.3) is 0 Å². The molecule has 1 N–H and O–H groups in total. The molecular formula is C16H26ClNO3S. The molecule has 0 fully saturated rings. The first-order valence-corrected chi connectivity index (χ1v) is 9.46. The maximum Gasteiger partial charge on any atom is 0.212 e. The van der Waals surface area contributed by atoms with E-state index in [1.54, 1.807) is 13.0 Å². The van der Waals surface area contributed by atoms with Crippen LogP contribution >= 0.6 is 11.6 Å². The molecule has 0 aliphatic rings. The van der Waals surface area contributed by atoms with Gasteiger partial charge in [-0.2, -0.15) is 0 Å². The summed E-state index contributed by atoms with van der Waals surface area (Å²) < 4.78 is 32.3. The van der Waals surface area contributed by atoms with Crippen LogP contribution in [0.5, 0.6) is 0 Å². The van der Waals surface area contributed by atoms with Crippen LogP contribution in [0.4, 0.5) is 0 Å². The van der Waals surface area contributed by atoms with Crippen LogP contribution in [-0.4, -0.2) is 27.4 Å². The van der Waals surface area contributed by atoms with Crippen LogP contribution in [0.1, 0.15) is 45.7 Å². The van der Waals surface area contributed by atoms with Crippen molar-refractivity contribution in [3.05, 3.63) is 34.9 Å². The molecule has 0 amide bonds. The zero-order valence-electron chi connectivity index (χ0n) is 13.7. The van der Waals surface area contributed by atoms with Crippen molar-refractivity contribution in [2.45, 2.75) is 40.2 Å². The quantitative estimate of drug-likeness (QED) is 0.728. The number of halogens is 1. The Bertz CT molecular complexity index is 567. The Labute approximate surface area is 139 Å². The summed E-state index contributed by atoms with van der Waals surface area (Å²) in [5.41, 5.74) is 0.868. The molecule has 1 aromatic carbocycles. The highest BCUT2D eigenvalue weighted by atomic mass is 35.5. The lowest BCUT2D eigenvalue weighted by molar-refractivity contribution is 0.0720. The first-order chi connectivity index (χ1) is 10.1. The van der Waals surface area contributed by atoms with Gasteiger partial charge in [0.05, 0.1) is 12.4 Å². The summed E-state index contributed by atoms with van der Waals surface area (Å²) >= 11 is 6.08. The van der Waals surface area contributed by atoms with Crippen molar-refractivity contribution in [2.24, 2.45) is 5.41 Å². The summed E-state index contributed by atoms with van der Waals surface area (Å²) in [6.45, 7) is 9.09. The molecule has 0 aliphatic carbocycles. The topological polar surface area (TPSA) is 55.4 Å². The number of hydrogen-bond donors (Lipinski definition) is 1. The molecule has 0 aromatic heterocycles. The Morgan fingerprint density at radius 3 is 2.50 bits per heavy atom. The van der Waals surface area contributed by atoms with Gasteiger partial charge < -0.3 is 4.74 Å². The Hall–Kier alpha value is -0.620. The van der Waals surface area contributed by atoms with E-state index in [-0.39, 0.29) is 17.2 Å². The van der Waals surface area contributed by atoms with Gasteiger partial charge in [-0.15, -0.1) is 0 Å². The van der Waals surface area contributed by atoms with Gasteiger partial charge in [-0.05, 0) is 30.4 Å². The second-order valence-corrected chi connectivity index (χ2v) is 8.93. The minimum Gasteiger partial charge on any atom is -0.381 e. The van der Waals surface area contributed by atoms with Gasteiger partial charge in [-0.3, -0.25) is 0 Å². The lowest BCUT2D eigenvalue weighted by Crippen LogP contribution is -2.30. The van der Waals surface area contributed by atoms with Gasteiger partial charge in [0.2, 0.25) is 10.0 Å².